The Morgan fingerprint density at radius 2 is 2.04 bits per heavy atom. The van der Waals surface area contributed by atoms with Gasteiger partial charge in [0.2, 0.25) is 5.91 Å². The van der Waals surface area contributed by atoms with Crippen molar-refractivity contribution in [1.82, 2.24) is 25.0 Å². The molecule has 1 aromatic carbocycles. The lowest BCUT2D eigenvalue weighted by molar-refractivity contribution is -0.127. The zero-order valence-electron chi connectivity index (χ0n) is 15.7. The lowest BCUT2D eigenvalue weighted by atomic mass is 9.79. The molecule has 1 atom stereocenters. The van der Waals surface area contributed by atoms with Gasteiger partial charge in [-0.3, -0.25) is 9.69 Å². The number of nitrogens with one attached hydrogen (secondary N) is 1. The van der Waals surface area contributed by atoms with E-state index in [0.717, 1.165) is 44.6 Å². The minimum absolute atomic E-state index is 0.0277. The van der Waals surface area contributed by atoms with Crippen LogP contribution < -0.4 is 5.32 Å². The number of amides is 1. The standard InChI is InChI=1S/C20H27N5O2/c1-24-18(13-26)22-23-19(24)15-10-16(11-15)21-20(27)17-8-5-9-25(17)12-14-6-3-2-4-7-14/h2-4,6-7,15-17,26H,5,8-13H2,1H3,(H,21,27)/t15?,16?,17-/m0/s1. The minimum atomic E-state index is -0.102. The molecule has 2 aliphatic rings. The lowest BCUT2D eigenvalue weighted by Gasteiger charge is -2.36. The van der Waals surface area contributed by atoms with Gasteiger partial charge >= 0.3 is 0 Å². The Kier molecular flexibility index (Phi) is 5.22. The van der Waals surface area contributed by atoms with Crippen LogP contribution in [-0.4, -0.2) is 49.3 Å². The van der Waals surface area contributed by atoms with Crippen LogP contribution in [0.2, 0.25) is 0 Å². The Bertz CT molecular complexity index is 785. The molecule has 1 aromatic heterocycles. The van der Waals surface area contributed by atoms with Crippen LogP contribution >= 0.6 is 0 Å². The average molecular weight is 369 g/mol. The summed E-state index contributed by atoms with van der Waals surface area (Å²) >= 11 is 0. The predicted molar refractivity (Wildman–Crippen MR) is 101 cm³/mol. The van der Waals surface area contributed by atoms with Crippen molar-refractivity contribution in [2.24, 2.45) is 7.05 Å². The second-order valence-electron chi connectivity index (χ2n) is 7.68. The van der Waals surface area contributed by atoms with Gasteiger partial charge in [0.1, 0.15) is 12.4 Å². The number of aliphatic hydroxyl groups is 1. The van der Waals surface area contributed by atoms with Gasteiger partial charge in [-0.05, 0) is 37.8 Å². The number of carbonyl (C=O) groups excluding carboxylic acids is 1. The smallest absolute Gasteiger partial charge is 0.237 e. The number of likely N-dealkylation sites (tertiary alicyclic amines) is 1. The zero-order valence-corrected chi connectivity index (χ0v) is 15.7. The van der Waals surface area contributed by atoms with Crippen molar-refractivity contribution in [3.05, 3.63) is 47.5 Å². The third-order valence-corrected chi connectivity index (χ3v) is 5.88. The molecule has 1 aliphatic heterocycles. The molecule has 4 rings (SSSR count). The van der Waals surface area contributed by atoms with Crippen LogP contribution in [0.5, 0.6) is 0 Å². The molecule has 0 bridgehead atoms. The van der Waals surface area contributed by atoms with Gasteiger partial charge in [0.25, 0.3) is 0 Å². The topological polar surface area (TPSA) is 83.3 Å². The summed E-state index contributed by atoms with van der Waals surface area (Å²) in [5.41, 5.74) is 1.25. The molecule has 1 amide bonds. The SMILES string of the molecule is Cn1c(CO)nnc1C1CC(NC(=O)[C@@H]2CCCN2Cc2ccccc2)C1. The second kappa shape index (κ2) is 7.78. The molecule has 1 saturated heterocycles. The fourth-order valence-corrected chi connectivity index (χ4v) is 4.24. The molecular formula is C20H27N5O2. The van der Waals surface area contributed by atoms with Crippen molar-refractivity contribution in [2.75, 3.05) is 6.54 Å². The van der Waals surface area contributed by atoms with Crippen molar-refractivity contribution in [3.8, 4) is 0 Å². The summed E-state index contributed by atoms with van der Waals surface area (Å²) in [5, 5.41) is 20.7. The summed E-state index contributed by atoms with van der Waals surface area (Å²) < 4.78 is 1.86. The molecule has 7 nitrogen and oxygen atoms in total. The highest BCUT2D eigenvalue weighted by molar-refractivity contribution is 5.82. The fourth-order valence-electron chi connectivity index (χ4n) is 4.24. The van der Waals surface area contributed by atoms with Gasteiger partial charge in [-0.25, -0.2) is 0 Å². The number of carbonyl (C=O) groups is 1. The van der Waals surface area contributed by atoms with E-state index in [1.165, 1.54) is 5.56 Å². The van der Waals surface area contributed by atoms with Gasteiger partial charge in [-0.15, -0.1) is 10.2 Å². The third-order valence-electron chi connectivity index (χ3n) is 5.88. The molecule has 0 radical (unpaired) electrons. The van der Waals surface area contributed by atoms with E-state index in [1.54, 1.807) is 0 Å². The number of hydrogen-bond acceptors (Lipinski definition) is 5. The first-order valence-corrected chi connectivity index (χ1v) is 9.73. The largest absolute Gasteiger partial charge is 0.388 e. The van der Waals surface area contributed by atoms with E-state index in [4.69, 9.17) is 0 Å². The van der Waals surface area contributed by atoms with Crippen molar-refractivity contribution < 1.29 is 9.90 Å². The molecule has 27 heavy (non-hydrogen) atoms. The number of rotatable bonds is 6. The highest BCUT2D eigenvalue weighted by Gasteiger charge is 2.37. The van der Waals surface area contributed by atoms with Crippen LogP contribution in [0.1, 0.15) is 48.8 Å². The van der Waals surface area contributed by atoms with Crippen LogP contribution in [-0.2, 0) is 25.0 Å². The summed E-state index contributed by atoms with van der Waals surface area (Å²) in [7, 11) is 1.88. The fraction of sp³-hybridized carbons (Fsp3) is 0.550. The van der Waals surface area contributed by atoms with Gasteiger partial charge in [-0.1, -0.05) is 30.3 Å². The van der Waals surface area contributed by atoms with Crippen molar-refractivity contribution >= 4 is 5.91 Å². The molecule has 2 heterocycles. The molecule has 2 N–H and O–H groups in total. The summed E-state index contributed by atoms with van der Waals surface area (Å²) in [5.74, 6) is 1.94. The molecule has 0 unspecified atom stereocenters. The normalized spacial score (nSPS) is 25.3. The lowest BCUT2D eigenvalue weighted by Crippen LogP contribution is -2.50. The highest BCUT2D eigenvalue weighted by atomic mass is 16.3. The highest BCUT2D eigenvalue weighted by Crippen LogP contribution is 2.36. The van der Waals surface area contributed by atoms with Crippen LogP contribution in [0.4, 0.5) is 0 Å². The third kappa shape index (κ3) is 3.75. The number of nitrogens with zero attached hydrogens (tertiary/aromatic N) is 4. The second-order valence-corrected chi connectivity index (χ2v) is 7.68. The first-order chi connectivity index (χ1) is 13.2. The predicted octanol–water partition coefficient (Wildman–Crippen LogP) is 1.33. The van der Waals surface area contributed by atoms with Crippen LogP contribution in [0.25, 0.3) is 0 Å². The summed E-state index contributed by atoms with van der Waals surface area (Å²) in [6, 6.07) is 10.5. The van der Waals surface area contributed by atoms with Crippen LogP contribution in [0.3, 0.4) is 0 Å². The monoisotopic (exact) mass is 369 g/mol. The van der Waals surface area contributed by atoms with Crippen molar-refractivity contribution in [3.63, 3.8) is 0 Å². The van der Waals surface area contributed by atoms with E-state index in [9.17, 15) is 9.90 Å². The van der Waals surface area contributed by atoms with Crippen molar-refractivity contribution in [1.29, 1.82) is 0 Å². The summed E-state index contributed by atoms with van der Waals surface area (Å²) in [6.45, 7) is 1.70. The Labute approximate surface area is 159 Å². The van der Waals surface area contributed by atoms with Crippen molar-refractivity contribution in [2.45, 2.75) is 56.8 Å². The van der Waals surface area contributed by atoms with Crippen LogP contribution in [0.15, 0.2) is 30.3 Å². The zero-order chi connectivity index (χ0) is 18.8. The average Bonchev–Trinajstić information content (AvgIpc) is 3.25. The van der Waals surface area contributed by atoms with E-state index in [-0.39, 0.29) is 24.6 Å². The first-order valence-electron chi connectivity index (χ1n) is 9.73. The number of benzene rings is 1. The Morgan fingerprint density at radius 1 is 1.26 bits per heavy atom. The first kappa shape index (κ1) is 18.1. The van der Waals surface area contributed by atoms with Crippen LogP contribution in [0, 0.1) is 0 Å². The van der Waals surface area contributed by atoms with E-state index >= 15 is 0 Å². The maximum absolute atomic E-state index is 12.8. The summed E-state index contributed by atoms with van der Waals surface area (Å²) in [6.07, 6.45) is 3.77. The minimum Gasteiger partial charge on any atom is -0.388 e. The van der Waals surface area contributed by atoms with E-state index in [1.807, 2.05) is 29.8 Å². The Balaban J connectivity index is 1.30. The molecule has 2 fully saturated rings. The maximum atomic E-state index is 12.8. The quantitative estimate of drug-likeness (QED) is 0.803. The molecular weight excluding hydrogens is 342 g/mol. The molecule has 144 valence electrons. The number of aromatic nitrogens is 3. The number of aliphatic hydroxyl groups excluding tert-OH is 1. The summed E-state index contributed by atoms with van der Waals surface area (Å²) in [4.78, 5) is 15.1. The van der Waals surface area contributed by atoms with E-state index in [0.29, 0.717) is 11.7 Å². The van der Waals surface area contributed by atoms with Gasteiger partial charge in [-0.2, -0.15) is 0 Å². The van der Waals surface area contributed by atoms with Gasteiger partial charge in [0.15, 0.2) is 5.82 Å². The van der Waals surface area contributed by atoms with Gasteiger partial charge < -0.3 is 15.0 Å². The molecule has 2 aromatic rings. The van der Waals surface area contributed by atoms with E-state index in [2.05, 4.69) is 32.5 Å². The molecule has 1 saturated carbocycles. The van der Waals surface area contributed by atoms with Gasteiger partial charge in [0.05, 0.1) is 6.04 Å². The van der Waals surface area contributed by atoms with Gasteiger partial charge in [0, 0.05) is 25.6 Å². The maximum Gasteiger partial charge on any atom is 0.237 e. The molecule has 7 heteroatoms. The molecule has 0 spiro atoms. The Hall–Kier alpha value is -2.25. The van der Waals surface area contributed by atoms with E-state index < -0.39 is 0 Å². The Morgan fingerprint density at radius 3 is 2.74 bits per heavy atom. The molecule has 1 aliphatic carbocycles. The number of hydrogen-bond donors (Lipinski definition) is 2.